The van der Waals surface area contributed by atoms with Crippen molar-refractivity contribution in [2.24, 2.45) is 0 Å². The molecule has 0 saturated carbocycles. The Morgan fingerprint density at radius 2 is 2.08 bits per heavy atom. The van der Waals surface area contributed by atoms with Gasteiger partial charge in [0, 0.05) is 41.9 Å². The number of aromatic nitrogens is 1. The highest BCUT2D eigenvalue weighted by Crippen LogP contribution is 2.19. The highest BCUT2D eigenvalue weighted by atomic mass is 32.1. The van der Waals surface area contributed by atoms with E-state index >= 15 is 0 Å². The summed E-state index contributed by atoms with van der Waals surface area (Å²) in [6, 6.07) is 6.95. The normalized spacial score (nSPS) is 10.7. The molecule has 1 aromatic heterocycles. The Balaban J connectivity index is 1.87. The summed E-state index contributed by atoms with van der Waals surface area (Å²) in [6.07, 6.45) is 1.11. The maximum atomic E-state index is 12.2. The molecule has 128 valence electrons. The molecule has 5 nitrogen and oxygen atoms in total. The Morgan fingerprint density at radius 1 is 1.29 bits per heavy atom. The van der Waals surface area contributed by atoms with Crippen LogP contribution < -0.4 is 10.6 Å². The first-order valence-corrected chi connectivity index (χ1v) is 9.00. The number of anilines is 1. The summed E-state index contributed by atoms with van der Waals surface area (Å²) in [4.78, 5) is 28.2. The van der Waals surface area contributed by atoms with Gasteiger partial charge in [0.05, 0.1) is 10.7 Å². The third kappa shape index (κ3) is 5.16. The highest BCUT2D eigenvalue weighted by Gasteiger charge is 2.09. The van der Waals surface area contributed by atoms with E-state index in [0.29, 0.717) is 36.6 Å². The molecule has 2 N–H and O–H groups in total. The van der Waals surface area contributed by atoms with Crippen LogP contribution >= 0.6 is 11.3 Å². The Morgan fingerprint density at radius 3 is 2.75 bits per heavy atom. The third-order valence-corrected chi connectivity index (χ3v) is 4.65. The van der Waals surface area contributed by atoms with Crippen LogP contribution in [0.25, 0.3) is 0 Å². The van der Waals surface area contributed by atoms with Crippen LogP contribution in [0.1, 0.15) is 54.2 Å². The van der Waals surface area contributed by atoms with Crippen molar-refractivity contribution in [1.29, 1.82) is 0 Å². The minimum atomic E-state index is -0.151. The molecule has 24 heavy (non-hydrogen) atoms. The summed E-state index contributed by atoms with van der Waals surface area (Å²) in [5.41, 5.74) is 2.17. The van der Waals surface area contributed by atoms with E-state index in [1.54, 1.807) is 42.5 Å². The van der Waals surface area contributed by atoms with Crippen LogP contribution in [0.15, 0.2) is 29.6 Å². The largest absolute Gasteiger partial charge is 0.352 e. The molecule has 6 heteroatoms. The zero-order valence-electron chi connectivity index (χ0n) is 14.3. The molecule has 1 heterocycles. The molecule has 1 aromatic carbocycles. The van der Waals surface area contributed by atoms with Crippen molar-refractivity contribution < 1.29 is 9.59 Å². The van der Waals surface area contributed by atoms with Gasteiger partial charge in [0.15, 0.2) is 0 Å². The fraction of sp³-hybridized carbons (Fsp3) is 0.389. The third-order valence-electron chi connectivity index (χ3n) is 3.46. The van der Waals surface area contributed by atoms with Gasteiger partial charge < -0.3 is 10.6 Å². The van der Waals surface area contributed by atoms with Crippen molar-refractivity contribution >= 4 is 28.8 Å². The fourth-order valence-corrected chi connectivity index (χ4v) is 2.97. The number of nitrogens with one attached hydrogen (secondary N) is 2. The molecule has 0 aliphatic heterocycles. The number of nitrogens with zero attached hydrogens (tertiary/aromatic N) is 1. The van der Waals surface area contributed by atoms with Crippen LogP contribution in [-0.2, 0) is 11.2 Å². The second kappa shape index (κ2) is 8.59. The monoisotopic (exact) mass is 345 g/mol. The van der Waals surface area contributed by atoms with Gasteiger partial charge in [-0.05, 0) is 18.2 Å². The van der Waals surface area contributed by atoms with Crippen LogP contribution in [0.2, 0.25) is 0 Å². The van der Waals surface area contributed by atoms with E-state index in [1.807, 2.05) is 5.38 Å². The molecule has 0 radical (unpaired) electrons. The van der Waals surface area contributed by atoms with Gasteiger partial charge in [-0.25, -0.2) is 4.98 Å². The van der Waals surface area contributed by atoms with E-state index in [2.05, 4.69) is 29.5 Å². The molecule has 0 spiro atoms. The van der Waals surface area contributed by atoms with E-state index in [0.717, 1.165) is 10.7 Å². The van der Waals surface area contributed by atoms with Crippen LogP contribution in [0.5, 0.6) is 0 Å². The molecule has 2 amide bonds. The molecular weight excluding hydrogens is 322 g/mol. The average Bonchev–Trinajstić information content (AvgIpc) is 3.04. The second-order valence-electron chi connectivity index (χ2n) is 5.82. The number of benzene rings is 1. The molecular formula is C18H23N3O2S. The van der Waals surface area contributed by atoms with E-state index < -0.39 is 0 Å². The summed E-state index contributed by atoms with van der Waals surface area (Å²) in [5, 5.41) is 8.81. The van der Waals surface area contributed by atoms with Crippen molar-refractivity contribution in [2.75, 3.05) is 11.9 Å². The first kappa shape index (κ1) is 18.1. The Bertz CT molecular complexity index is 710. The van der Waals surface area contributed by atoms with Crippen molar-refractivity contribution in [1.82, 2.24) is 10.3 Å². The number of carbonyl (C=O) groups is 2. The Labute approximate surface area is 146 Å². The number of thiazole rings is 1. The Kier molecular flexibility index (Phi) is 6.49. The highest BCUT2D eigenvalue weighted by molar-refractivity contribution is 7.09. The zero-order chi connectivity index (χ0) is 17.5. The summed E-state index contributed by atoms with van der Waals surface area (Å²) in [5.74, 6) is 0.207. The van der Waals surface area contributed by atoms with E-state index in [4.69, 9.17) is 0 Å². The number of hydrogen-bond donors (Lipinski definition) is 2. The first-order chi connectivity index (χ1) is 11.5. The van der Waals surface area contributed by atoms with E-state index in [-0.39, 0.29) is 11.8 Å². The fourth-order valence-electron chi connectivity index (χ4n) is 2.10. The maximum absolute atomic E-state index is 12.2. The molecule has 0 atom stereocenters. The predicted octanol–water partition coefficient (Wildman–Crippen LogP) is 3.59. The standard InChI is InChI=1S/C18H23N3O2S/c1-4-16(22)20-14-7-5-6-13(10-14)17(23)19-9-8-15-11-24-18(21-15)12(2)3/h5-7,10-12H,4,8-9H2,1-3H3,(H,19,23)(H,20,22). The molecule has 0 aliphatic carbocycles. The van der Waals surface area contributed by atoms with Crippen molar-refractivity contribution in [3.05, 3.63) is 45.9 Å². The van der Waals surface area contributed by atoms with Crippen LogP contribution in [-0.4, -0.2) is 23.3 Å². The van der Waals surface area contributed by atoms with E-state index in [1.165, 1.54) is 0 Å². The van der Waals surface area contributed by atoms with Gasteiger partial charge in [0.2, 0.25) is 5.91 Å². The molecule has 0 aliphatic rings. The predicted molar refractivity (Wildman–Crippen MR) is 97.6 cm³/mol. The molecule has 0 saturated heterocycles. The van der Waals surface area contributed by atoms with Gasteiger partial charge in [-0.2, -0.15) is 0 Å². The van der Waals surface area contributed by atoms with Crippen LogP contribution in [0.4, 0.5) is 5.69 Å². The summed E-state index contributed by atoms with van der Waals surface area (Å²) in [6.45, 7) is 6.56. The maximum Gasteiger partial charge on any atom is 0.251 e. The lowest BCUT2D eigenvalue weighted by Crippen LogP contribution is -2.26. The number of hydrogen-bond acceptors (Lipinski definition) is 4. The van der Waals surface area contributed by atoms with Crippen molar-refractivity contribution in [3.8, 4) is 0 Å². The van der Waals surface area contributed by atoms with Crippen molar-refractivity contribution in [3.63, 3.8) is 0 Å². The smallest absolute Gasteiger partial charge is 0.251 e. The van der Waals surface area contributed by atoms with Gasteiger partial charge in [0.25, 0.3) is 5.91 Å². The second-order valence-corrected chi connectivity index (χ2v) is 6.71. The quantitative estimate of drug-likeness (QED) is 0.805. The summed E-state index contributed by atoms with van der Waals surface area (Å²) >= 11 is 1.66. The van der Waals surface area contributed by atoms with Crippen LogP contribution in [0, 0.1) is 0 Å². The van der Waals surface area contributed by atoms with Gasteiger partial charge in [-0.3, -0.25) is 9.59 Å². The average molecular weight is 345 g/mol. The van der Waals surface area contributed by atoms with E-state index in [9.17, 15) is 9.59 Å². The minimum Gasteiger partial charge on any atom is -0.352 e. The number of rotatable bonds is 7. The molecule has 2 rings (SSSR count). The van der Waals surface area contributed by atoms with Crippen molar-refractivity contribution in [2.45, 2.75) is 39.5 Å². The lowest BCUT2D eigenvalue weighted by molar-refractivity contribution is -0.115. The Hall–Kier alpha value is -2.21. The summed E-state index contributed by atoms with van der Waals surface area (Å²) < 4.78 is 0. The van der Waals surface area contributed by atoms with Gasteiger partial charge in [0.1, 0.15) is 0 Å². The number of amides is 2. The van der Waals surface area contributed by atoms with Gasteiger partial charge >= 0.3 is 0 Å². The minimum absolute atomic E-state index is 0.0722. The topological polar surface area (TPSA) is 71.1 Å². The molecule has 0 unspecified atom stereocenters. The SMILES string of the molecule is CCC(=O)Nc1cccc(C(=O)NCCc2csc(C(C)C)n2)c1. The van der Waals surface area contributed by atoms with Crippen LogP contribution in [0.3, 0.4) is 0 Å². The lowest BCUT2D eigenvalue weighted by atomic mass is 10.2. The molecule has 0 fully saturated rings. The zero-order valence-corrected chi connectivity index (χ0v) is 15.1. The van der Waals surface area contributed by atoms with Gasteiger partial charge in [-0.1, -0.05) is 26.8 Å². The summed E-state index contributed by atoms with van der Waals surface area (Å²) in [7, 11) is 0. The first-order valence-electron chi connectivity index (χ1n) is 8.12. The molecule has 0 bridgehead atoms. The molecule has 2 aromatic rings. The lowest BCUT2D eigenvalue weighted by Gasteiger charge is -2.07. The van der Waals surface area contributed by atoms with Gasteiger partial charge in [-0.15, -0.1) is 11.3 Å². The number of carbonyl (C=O) groups excluding carboxylic acids is 2.